The van der Waals surface area contributed by atoms with E-state index >= 15 is 0 Å². The standard InChI is InChI=1S/C20H25N5O2/c1-15(26)24-10-2-3-18(24)14-23-11-16(12-23)13-25-20(27)5-4-19(22-25)17-6-8-21-9-7-17/h4-9,16,18H,2-3,10-14H2,1H3. The Morgan fingerprint density at radius 3 is 2.67 bits per heavy atom. The largest absolute Gasteiger partial charge is 0.339 e. The molecule has 2 aliphatic heterocycles. The van der Waals surface area contributed by atoms with Crippen LogP contribution in [0.1, 0.15) is 19.8 Å². The highest BCUT2D eigenvalue weighted by Gasteiger charge is 2.33. The molecule has 4 rings (SSSR count). The van der Waals surface area contributed by atoms with Gasteiger partial charge in [-0.25, -0.2) is 4.68 Å². The van der Waals surface area contributed by atoms with Gasteiger partial charge in [0.25, 0.3) is 5.56 Å². The van der Waals surface area contributed by atoms with Crippen molar-refractivity contribution in [3.8, 4) is 11.3 Å². The van der Waals surface area contributed by atoms with Gasteiger partial charge in [0.1, 0.15) is 0 Å². The van der Waals surface area contributed by atoms with E-state index in [-0.39, 0.29) is 11.5 Å². The van der Waals surface area contributed by atoms with Gasteiger partial charge in [-0.15, -0.1) is 0 Å². The van der Waals surface area contributed by atoms with E-state index in [4.69, 9.17) is 0 Å². The van der Waals surface area contributed by atoms with Crippen LogP contribution in [0.5, 0.6) is 0 Å². The number of aromatic nitrogens is 3. The van der Waals surface area contributed by atoms with Crippen LogP contribution in [0.3, 0.4) is 0 Å². The van der Waals surface area contributed by atoms with Crippen molar-refractivity contribution in [2.75, 3.05) is 26.2 Å². The van der Waals surface area contributed by atoms with Gasteiger partial charge in [0.2, 0.25) is 5.91 Å². The predicted octanol–water partition coefficient (Wildman–Crippen LogP) is 1.25. The zero-order chi connectivity index (χ0) is 18.8. The molecule has 142 valence electrons. The fourth-order valence-electron chi connectivity index (χ4n) is 4.18. The number of hydrogen-bond acceptors (Lipinski definition) is 5. The molecule has 0 bridgehead atoms. The van der Waals surface area contributed by atoms with Crippen LogP contribution in [0.2, 0.25) is 0 Å². The SMILES string of the molecule is CC(=O)N1CCCC1CN1CC(Cn2nc(-c3ccncc3)ccc2=O)C1. The molecule has 4 heterocycles. The van der Waals surface area contributed by atoms with Gasteiger partial charge in [-0.05, 0) is 31.0 Å². The summed E-state index contributed by atoms with van der Waals surface area (Å²) >= 11 is 0. The number of hydrogen-bond donors (Lipinski definition) is 0. The third-order valence-corrected chi connectivity index (χ3v) is 5.56. The second-order valence-corrected chi connectivity index (χ2v) is 7.57. The Morgan fingerprint density at radius 1 is 1.15 bits per heavy atom. The summed E-state index contributed by atoms with van der Waals surface area (Å²) in [5, 5.41) is 4.53. The second-order valence-electron chi connectivity index (χ2n) is 7.57. The first-order valence-corrected chi connectivity index (χ1v) is 9.58. The van der Waals surface area contributed by atoms with Gasteiger partial charge in [-0.1, -0.05) is 0 Å². The average molecular weight is 367 g/mol. The maximum atomic E-state index is 12.2. The molecule has 7 nitrogen and oxygen atoms in total. The monoisotopic (exact) mass is 367 g/mol. The number of likely N-dealkylation sites (tertiary alicyclic amines) is 2. The summed E-state index contributed by atoms with van der Waals surface area (Å²) in [6.45, 7) is 6.03. The van der Waals surface area contributed by atoms with Gasteiger partial charge in [-0.2, -0.15) is 5.10 Å². The third-order valence-electron chi connectivity index (χ3n) is 5.56. The molecule has 0 aliphatic carbocycles. The quantitative estimate of drug-likeness (QED) is 0.795. The molecular weight excluding hydrogens is 342 g/mol. The highest BCUT2D eigenvalue weighted by atomic mass is 16.2. The van der Waals surface area contributed by atoms with Crippen LogP contribution >= 0.6 is 0 Å². The van der Waals surface area contributed by atoms with Crippen molar-refractivity contribution in [2.24, 2.45) is 5.92 Å². The molecule has 0 spiro atoms. The van der Waals surface area contributed by atoms with Crippen molar-refractivity contribution in [1.29, 1.82) is 0 Å². The lowest BCUT2D eigenvalue weighted by molar-refractivity contribution is -0.130. The molecule has 2 aromatic rings. The molecule has 2 saturated heterocycles. The molecular formula is C20H25N5O2. The van der Waals surface area contributed by atoms with E-state index in [2.05, 4.69) is 15.0 Å². The minimum atomic E-state index is -0.0650. The average Bonchev–Trinajstić information content (AvgIpc) is 3.11. The molecule has 2 fully saturated rings. The molecule has 2 aliphatic rings. The Bertz CT molecular complexity index is 860. The number of carbonyl (C=O) groups is 1. The molecule has 1 atom stereocenters. The van der Waals surface area contributed by atoms with Crippen LogP contribution < -0.4 is 5.56 Å². The first-order valence-electron chi connectivity index (χ1n) is 9.58. The number of carbonyl (C=O) groups excluding carboxylic acids is 1. The summed E-state index contributed by atoms with van der Waals surface area (Å²) in [7, 11) is 0. The maximum Gasteiger partial charge on any atom is 0.266 e. The van der Waals surface area contributed by atoms with Gasteiger partial charge >= 0.3 is 0 Å². The molecule has 0 saturated carbocycles. The topological polar surface area (TPSA) is 71.3 Å². The summed E-state index contributed by atoms with van der Waals surface area (Å²) in [5.74, 6) is 0.605. The predicted molar refractivity (Wildman–Crippen MR) is 102 cm³/mol. The highest BCUT2D eigenvalue weighted by molar-refractivity contribution is 5.73. The van der Waals surface area contributed by atoms with Gasteiger partial charge in [-0.3, -0.25) is 14.6 Å². The van der Waals surface area contributed by atoms with E-state index in [0.29, 0.717) is 18.5 Å². The first kappa shape index (κ1) is 17.9. The van der Waals surface area contributed by atoms with Crippen molar-refractivity contribution in [2.45, 2.75) is 32.4 Å². The molecule has 1 amide bonds. The first-order chi connectivity index (χ1) is 13.1. The minimum absolute atomic E-state index is 0.0650. The number of amides is 1. The summed E-state index contributed by atoms with van der Waals surface area (Å²) in [6.07, 6.45) is 5.64. The smallest absolute Gasteiger partial charge is 0.266 e. The molecule has 7 heteroatoms. The van der Waals surface area contributed by atoms with Crippen LogP contribution in [-0.4, -0.2) is 62.7 Å². The van der Waals surface area contributed by atoms with Gasteiger partial charge in [0, 0.05) is 69.1 Å². The Morgan fingerprint density at radius 2 is 1.93 bits per heavy atom. The molecule has 1 unspecified atom stereocenters. The summed E-state index contributed by atoms with van der Waals surface area (Å²) in [4.78, 5) is 32.3. The number of pyridine rings is 1. The van der Waals surface area contributed by atoms with Crippen LogP contribution in [0.25, 0.3) is 11.3 Å². The van der Waals surface area contributed by atoms with E-state index < -0.39 is 0 Å². The summed E-state index contributed by atoms with van der Waals surface area (Å²) in [5.41, 5.74) is 1.68. The number of nitrogens with zero attached hydrogens (tertiary/aromatic N) is 5. The van der Waals surface area contributed by atoms with Crippen molar-refractivity contribution >= 4 is 5.91 Å². The molecule has 0 radical (unpaired) electrons. The van der Waals surface area contributed by atoms with E-state index in [1.54, 1.807) is 36.1 Å². The normalized spacial score (nSPS) is 20.6. The van der Waals surface area contributed by atoms with Gasteiger partial charge in [0.05, 0.1) is 12.2 Å². The third kappa shape index (κ3) is 3.93. The second kappa shape index (κ2) is 7.60. The number of rotatable bonds is 5. The van der Waals surface area contributed by atoms with Crippen LogP contribution in [0, 0.1) is 5.92 Å². The zero-order valence-electron chi connectivity index (χ0n) is 15.6. The van der Waals surface area contributed by atoms with E-state index in [1.807, 2.05) is 17.0 Å². The van der Waals surface area contributed by atoms with Crippen molar-refractivity contribution in [1.82, 2.24) is 24.6 Å². The van der Waals surface area contributed by atoms with E-state index in [1.165, 1.54) is 0 Å². The Hall–Kier alpha value is -2.54. The zero-order valence-corrected chi connectivity index (χ0v) is 15.6. The van der Waals surface area contributed by atoms with Crippen molar-refractivity contribution in [3.63, 3.8) is 0 Å². The van der Waals surface area contributed by atoms with E-state index in [9.17, 15) is 9.59 Å². The Balaban J connectivity index is 1.35. The summed E-state index contributed by atoms with van der Waals surface area (Å²) < 4.78 is 1.58. The Kier molecular flexibility index (Phi) is 5.03. The lowest BCUT2D eigenvalue weighted by atomic mass is 9.99. The van der Waals surface area contributed by atoms with Crippen molar-refractivity contribution < 1.29 is 4.79 Å². The van der Waals surface area contributed by atoms with Gasteiger partial charge < -0.3 is 9.80 Å². The van der Waals surface area contributed by atoms with E-state index in [0.717, 1.165) is 50.3 Å². The van der Waals surface area contributed by atoms with Gasteiger partial charge in [0.15, 0.2) is 0 Å². The minimum Gasteiger partial charge on any atom is -0.339 e. The molecule has 2 aromatic heterocycles. The lowest BCUT2D eigenvalue weighted by Gasteiger charge is -2.41. The maximum absolute atomic E-state index is 12.2. The summed E-state index contributed by atoms with van der Waals surface area (Å²) in [6, 6.07) is 7.48. The highest BCUT2D eigenvalue weighted by Crippen LogP contribution is 2.23. The fourth-order valence-corrected chi connectivity index (χ4v) is 4.18. The molecule has 0 N–H and O–H groups in total. The lowest BCUT2D eigenvalue weighted by Crippen LogP contribution is -2.54. The van der Waals surface area contributed by atoms with Crippen LogP contribution in [-0.2, 0) is 11.3 Å². The van der Waals surface area contributed by atoms with Crippen molar-refractivity contribution in [3.05, 3.63) is 47.0 Å². The molecule has 0 aromatic carbocycles. The van der Waals surface area contributed by atoms with Crippen LogP contribution in [0.4, 0.5) is 0 Å². The molecule has 27 heavy (non-hydrogen) atoms. The van der Waals surface area contributed by atoms with Crippen LogP contribution in [0.15, 0.2) is 41.5 Å². The fraction of sp³-hybridized carbons (Fsp3) is 0.500. The Labute approximate surface area is 158 Å².